The minimum Gasteiger partial charge on any atom is -0.487 e. The summed E-state index contributed by atoms with van der Waals surface area (Å²) < 4.78 is 6.19. The quantitative estimate of drug-likeness (QED) is 0.749. The van der Waals surface area contributed by atoms with Crippen molar-refractivity contribution < 1.29 is 14.6 Å². The topological polar surface area (TPSA) is 46.5 Å². The second-order valence-corrected chi connectivity index (χ2v) is 6.15. The Morgan fingerprint density at radius 1 is 1.37 bits per heavy atom. The summed E-state index contributed by atoms with van der Waals surface area (Å²) in [6.45, 7) is 0.128. The Labute approximate surface area is 131 Å². The summed E-state index contributed by atoms with van der Waals surface area (Å²) in [6, 6.07) is 4.92. The zero-order valence-corrected chi connectivity index (χ0v) is 13.2. The number of benzene rings is 1. The molecule has 0 saturated carbocycles. The van der Waals surface area contributed by atoms with Crippen molar-refractivity contribution in [2.45, 2.75) is 6.61 Å². The van der Waals surface area contributed by atoms with Crippen LogP contribution < -0.4 is 4.74 Å². The summed E-state index contributed by atoms with van der Waals surface area (Å²) >= 11 is 16.4. The van der Waals surface area contributed by atoms with Gasteiger partial charge in [0.15, 0.2) is 0 Å². The number of aromatic carboxylic acids is 1. The number of thiophene rings is 1. The molecule has 0 aliphatic heterocycles. The molecular weight excluding hydrogens is 375 g/mol. The maximum Gasteiger partial charge on any atom is 0.346 e. The van der Waals surface area contributed by atoms with E-state index in [4.69, 9.17) is 33.0 Å². The molecule has 0 amide bonds. The highest BCUT2D eigenvalue weighted by atomic mass is 79.9. The van der Waals surface area contributed by atoms with Crippen LogP contribution in [0.15, 0.2) is 28.1 Å². The maximum absolute atomic E-state index is 11.0. The van der Waals surface area contributed by atoms with E-state index in [-0.39, 0.29) is 11.5 Å². The van der Waals surface area contributed by atoms with E-state index in [0.29, 0.717) is 25.8 Å². The first kappa shape index (κ1) is 14.7. The Kier molecular flexibility index (Phi) is 4.73. The van der Waals surface area contributed by atoms with Crippen LogP contribution in [0.25, 0.3) is 0 Å². The van der Waals surface area contributed by atoms with Crippen LogP contribution in [0.5, 0.6) is 5.75 Å². The van der Waals surface area contributed by atoms with Gasteiger partial charge in [-0.2, -0.15) is 0 Å². The van der Waals surface area contributed by atoms with Gasteiger partial charge < -0.3 is 9.84 Å². The van der Waals surface area contributed by atoms with E-state index in [1.165, 1.54) is 0 Å². The van der Waals surface area contributed by atoms with Gasteiger partial charge in [0.25, 0.3) is 0 Å². The van der Waals surface area contributed by atoms with Crippen molar-refractivity contribution in [3.05, 3.63) is 48.5 Å². The molecule has 2 rings (SSSR count). The van der Waals surface area contributed by atoms with Crippen LogP contribution >= 0.6 is 50.5 Å². The van der Waals surface area contributed by atoms with Gasteiger partial charge in [-0.25, -0.2) is 4.79 Å². The van der Waals surface area contributed by atoms with Crippen molar-refractivity contribution in [2.24, 2.45) is 0 Å². The molecule has 19 heavy (non-hydrogen) atoms. The van der Waals surface area contributed by atoms with Gasteiger partial charge in [-0.3, -0.25) is 0 Å². The smallest absolute Gasteiger partial charge is 0.346 e. The van der Waals surface area contributed by atoms with E-state index in [9.17, 15) is 4.79 Å². The number of carboxylic acids is 1. The van der Waals surface area contributed by atoms with Crippen LogP contribution in [0.1, 0.15) is 15.2 Å². The molecule has 7 heteroatoms. The molecular formula is C12H7BrCl2O3S. The number of carbonyl (C=O) groups is 1. The highest BCUT2D eigenvalue weighted by Gasteiger charge is 2.13. The first-order valence-electron chi connectivity index (χ1n) is 5.06. The fourth-order valence-electron chi connectivity index (χ4n) is 1.41. The van der Waals surface area contributed by atoms with Crippen LogP contribution in [0.2, 0.25) is 10.0 Å². The van der Waals surface area contributed by atoms with Gasteiger partial charge in [0.05, 0.1) is 10.0 Å². The van der Waals surface area contributed by atoms with E-state index >= 15 is 0 Å². The molecule has 0 fully saturated rings. The lowest BCUT2D eigenvalue weighted by molar-refractivity contribution is 0.0699. The molecule has 1 heterocycles. The summed E-state index contributed by atoms with van der Waals surface area (Å²) in [6.07, 6.45) is 0. The summed E-state index contributed by atoms with van der Waals surface area (Å²) in [5.41, 5.74) is 0.604. The number of carboxylic acid groups (broad SMARTS) is 1. The predicted molar refractivity (Wildman–Crippen MR) is 79.8 cm³/mol. The fourth-order valence-corrected chi connectivity index (χ4v) is 3.00. The van der Waals surface area contributed by atoms with Gasteiger partial charge in [-0.15, -0.1) is 11.3 Å². The number of hydrogen-bond acceptors (Lipinski definition) is 3. The summed E-state index contributed by atoms with van der Waals surface area (Å²) in [4.78, 5) is 11.2. The van der Waals surface area contributed by atoms with E-state index in [0.717, 1.165) is 11.3 Å². The van der Waals surface area contributed by atoms with Crippen molar-refractivity contribution in [3.63, 3.8) is 0 Å². The molecule has 0 radical (unpaired) electrons. The predicted octanol–water partition coefficient (Wildman–Crippen LogP) is 5.09. The highest BCUT2D eigenvalue weighted by Crippen LogP contribution is 2.34. The molecule has 1 aromatic carbocycles. The Hall–Kier alpha value is -0.750. The van der Waals surface area contributed by atoms with E-state index in [1.807, 2.05) is 0 Å². The highest BCUT2D eigenvalue weighted by molar-refractivity contribution is 9.10. The third kappa shape index (κ3) is 3.42. The second-order valence-electron chi connectivity index (χ2n) is 3.57. The Balaban J connectivity index is 2.17. The molecule has 0 atom stereocenters. The Bertz CT molecular complexity index is 627. The first-order valence-corrected chi connectivity index (χ1v) is 7.49. The number of hydrogen-bond donors (Lipinski definition) is 1. The van der Waals surface area contributed by atoms with Crippen LogP contribution in [0.4, 0.5) is 0 Å². The number of rotatable bonds is 4. The first-order chi connectivity index (χ1) is 8.99. The monoisotopic (exact) mass is 380 g/mol. The van der Waals surface area contributed by atoms with Crippen molar-refractivity contribution in [1.82, 2.24) is 0 Å². The molecule has 0 aliphatic rings. The maximum atomic E-state index is 11.0. The van der Waals surface area contributed by atoms with Gasteiger partial charge in [0, 0.05) is 16.1 Å². The van der Waals surface area contributed by atoms with Crippen molar-refractivity contribution in [3.8, 4) is 5.75 Å². The largest absolute Gasteiger partial charge is 0.487 e. The molecule has 0 unspecified atom stereocenters. The molecule has 0 saturated heterocycles. The van der Waals surface area contributed by atoms with Crippen LogP contribution in [0, 0.1) is 0 Å². The Morgan fingerprint density at radius 2 is 2.11 bits per heavy atom. The van der Waals surface area contributed by atoms with E-state index in [2.05, 4.69) is 15.9 Å². The Morgan fingerprint density at radius 3 is 2.79 bits per heavy atom. The molecule has 1 N–H and O–H groups in total. The minimum absolute atomic E-state index is 0.128. The summed E-state index contributed by atoms with van der Waals surface area (Å²) in [7, 11) is 0. The summed E-state index contributed by atoms with van der Waals surface area (Å²) in [5, 5.41) is 11.6. The molecule has 3 nitrogen and oxygen atoms in total. The average molecular weight is 382 g/mol. The molecule has 0 spiro atoms. The summed E-state index contributed by atoms with van der Waals surface area (Å²) in [5.74, 6) is -0.550. The van der Waals surface area contributed by atoms with Crippen LogP contribution in [-0.4, -0.2) is 11.1 Å². The lowest BCUT2D eigenvalue weighted by atomic mass is 10.2. The zero-order valence-electron chi connectivity index (χ0n) is 9.32. The van der Waals surface area contributed by atoms with Gasteiger partial charge in [-0.1, -0.05) is 23.2 Å². The number of halogens is 3. The fraction of sp³-hybridized carbons (Fsp3) is 0.0833. The van der Waals surface area contributed by atoms with Crippen LogP contribution in [-0.2, 0) is 6.61 Å². The van der Waals surface area contributed by atoms with Gasteiger partial charge in [0.1, 0.15) is 17.2 Å². The molecule has 2 aromatic rings. The van der Waals surface area contributed by atoms with Crippen LogP contribution in [0.3, 0.4) is 0 Å². The second kappa shape index (κ2) is 6.13. The molecule has 100 valence electrons. The standard InChI is InChI=1S/C12H7BrCl2O3S/c13-7-3-9(15)10(4-8(7)14)18-5-6-1-2-19-11(6)12(16)17/h1-4H,5H2,(H,16,17). The molecule has 0 aliphatic carbocycles. The van der Waals surface area contributed by atoms with Gasteiger partial charge in [0.2, 0.25) is 0 Å². The molecule has 1 aromatic heterocycles. The zero-order chi connectivity index (χ0) is 14.0. The molecule has 0 bridgehead atoms. The number of ether oxygens (including phenoxy) is 1. The van der Waals surface area contributed by atoms with E-state index < -0.39 is 5.97 Å². The van der Waals surface area contributed by atoms with Crippen molar-refractivity contribution in [1.29, 1.82) is 0 Å². The SMILES string of the molecule is O=C(O)c1sccc1COc1cc(Cl)c(Br)cc1Cl. The lowest BCUT2D eigenvalue weighted by Crippen LogP contribution is -2.02. The third-order valence-corrected chi connectivity index (χ3v) is 4.74. The van der Waals surface area contributed by atoms with E-state index in [1.54, 1.807) is 23.6 Å². The van der Waals surface area contributed by atoms with Gasteiger partial charge >= 0.3 is 5.97 Å². The minimum atomic E-state index is -0.964. The van der Waals surface area contributed by atoms with Crippen molar-refractivity contribution >= 4 is 56.4 Å². The lowest BCUT2D eigenvalue weighted by Gasteiger charge is -2.09. The normalized spacial score (nSPS) is 10.5. The van der Waals surface area contributed by atoms with Crippen molar-refractivity contribution in [2.75, 3.05) is 0 Å². The van der Waals surface area contributed by atoms with Gasteiger partial charge in [-0.05, 0) is 33.4 Å². The average Bonchev–Trinajstić information content (AvgIpc) is 2.80. The third-order valence-electron chi connectivity index (χ3n) is 2.30.